The monoisotopic (exact) mass is 350 g/mol. The Balaban J connectivity index is 1.56. The van der Waals surface area contributed by atoms with E-state index in [2.05, 4.69) is 15.6 Å². The van der Waals surface area contributed by atoms with E-state index in [0.717, 1.165) is 23.5 Å². The molecule has 1 fully saturated rings. The van der Waals surface area contributed by atoms with Crippen LogP contribution in [0.5, 0.6) is 0 Å². The number of amides is 3. The lowest BCUT2D eigenvalue weighted by molar-refractivity contribution is -0.121. The molecule has 1 aliphatic heterocycles. The summed E-state index contributed by atoms with van der Waals surface area (Å²) in [5, 5.41) is 11.0. The maximum Gasteiger partial charge on any atom is 0.322 e. The van der Waals surface area contributed by atoms with Crippen molar-refractivity contribution in [3.05, 3.63) is 28.6 Å². The molecule has 0 radical (unpaired) electrons. The highest BCUT2D eigenvalue weighted by Gasteiger charge is 2.29. The standard InChI is InChI=1S/C15H18N4O2S2/c1-10-9-23-14(16-10)18-13(20)11-4-2-6-19(8-11)15(21)17-12-5-3-7-22-12/h3,5,7,9,11H,2,4,6,8H2,1H3,(H,17,21)(H,16,18,20). The number of piperidine rings is 1. The lowest BCUT2D eigenvalue weighted by Crippen LogP contribution is -2.45. The van der Waals surface area contributed by atoms with Crippen molar-refractivity contribution in [1.82, 2.24) is 9.88 Å². The van der Waals surface area contributed by atoms with Crippen molar-refractivity contribution in [3.8, 4) is 0 Å². The number of urea groups is 1. The van der Waals surface area contributed by atoms with Crippen LogP contribution in [0.1, 0.15) is 18.5 Å². The fourth-order valence-electron chi connectivity index (χ4n) is 2.53. The number of hydrogen-bond acceptors (Lipinski definition) is 5. The van der Waals surface area contributed by atoms with E-state index in [1.165, 1.54) is 22.7 Å². The molecule has 3 amide bonds. The van der Waals surface area contributed by atoms with Crippen LogP contribution in [-0.2, 0) is 4.79 Å². The number of rotatable bonds is 3. The summed E-state index contributed by atoms with van der Waals surface area (Å²) in [5.74, 6) is -0.255. The first kappa shape index (κ1) is 15.9. The summed E-state index contributed by atoms with van der Waals surface area (Å²) in [6.45, 7) is 3.01. The Kier molecular flexibility index (Phi) is 4.92. The molecule has 23 heavy (non-hydrogen) atoms. The van der Waals surface area contributed by atoms with E-state index in [1.54, 1.807) is 4.90 Å². The molecular weight excluding hydrogens is 332 g/mol. The molecule has 2 N–H and O–H groups in total. The SMILES string of the molecule is Cc1csc(NC(=O)C2CCCN(C(=O)Nc3cccs3)C2)n1. The summed E-state index contributed by atoms with van der Waals surface area (Å²) in [6.07, 6.45) is 1.62. The molecule has 0 aliphatic carbocycles. The zero-order valence-corrected chi connectivity index (χ0v) is 14.4. The Morgan fingerprint density at radius 2 is 2.22 bits per heavy atom. The van der Waals surface area contributed by atoms with E-state index in [4.69, 9.17) is 0 Å². The van der Waals surface area contributed by atoms with Crippen LogP contribution >= 0.6 is 22.7 Å². The molecule has 1 saturated heterocycles. The van der Waals surface area contributed by atoms with Crippen molar-refractivity contribution < 1.29 is 9.59 Å². The van der Waals surface area contributed by atoms with Gasteiger partial charge < -0.3 is 10.2 Å². The number of anilines is 2. The van der Waals surface area contributed by atoms with Crippen LogP contribution in [0.15, 0.2) is 22.9 Å². The minimum Gasteiger partial charge on any atom is -0.324 e. The van der Waals surface area contributed by atoms with Crippen molar-refractivity contribution in [2.75, 3.05) is 23.7 Å². The largest absolute Gasteiger partial charge is 0.324 e. The number of aromatic nitrogens is 1. The normalized spacial score (nSPS) is 17.8. The highest BCUT2D eigenvalue weighted by molar-refractivity contribution is 7.14. The van der Waals surface area contributed by atoms with Gasteiger partial charge in [-0.15, -0.1) is 22.7 Å². The van der Waals surface area contributed by atoms with Gasteiger partial charge in [0.05, 0.1) is 16.6 Å². The number of aryl methyl sites for hydroxylation is 1. The number of nitrogens with zero attached hydrogens (tertiary/aromatic N) is 2. The molecule has 0 bridgehead atoms. The van der Waals surface area contributed by atoms with Crippen molar-refractivity contribution in [2.24, 2.45) is 5.92 Å². The number of hydrogen-bond donors (Lipinski definition) is 2. The van der Waals surface area contributed by atoms with Gasteiger partial charge in [0.2, 0.25) is 5.91 Å². The summed E-state index contributed by atoms with van der Waals surface area (Å²) in [6, 6.07) is 3.61. The summed E-state index contributed by atoms with van der Waals surface area (Å²) in [5.41, 5.74) is 0.894. The molecule has 0 saturated carbocycles. The van der Waals surface area contributed by atoms with Gasteiger partial charge in [-0.3, -0.25) is 10.1 Å². The van der Waals surface area contributed by atoms with E-state index in [0.29, 0.717) is 18.2 Å². The number of thiophene rings is 1. The van der Waals surface area contributed by atoms with Crippen LogP contribution in [0.25, 0.3) is 0 Å². The zero-order chi connectivity index (χ0) is 16.2. The highest BCUT2D eigenvalue weighted by Crippen LogP contribution is 2.22. The molecule has 0 spiro atoms. The Labute approximate surface area is 142 Å². The summed E-state index contributed by atoms with van der Waals surface area (Å²) in [4.78, 5) is 30.6. The molecule has 3 rings (SSSR count). The first-order chi connectivity index (χ1) is 11.1. The van der Waals surface area contributed by atoms with Crippen LogP contribution < -0.4 is 10.6 Å². The third-order valence-electron chi connectivity index (χ3n) is 3.68. The van der Waals surface area contributed by atoms with Gasteiger partial charge in [-0.2, -0.15) is 0 Å². The van der Waals surface area contributed by atoms with Crippen LogP contribution in [-0.4, -0.2) is 34.9 Å². The van der Waals surface area contributed by atoms with Gasteiger partial charge in [-0.05, 0) is 37.3 Å². The van der Waals surface area contributed by atoms with Crippen molar-refractivity contribution in [3.63, 3.8) is 0 Å². The fraction of sp³-hybridized carbons (Fsp3) is 0.400. The Bertz CT molecular complexity index is 683. The summed E-state index contributed by atoms with van der Waals surface area (Å²) in [7, 11) is 0. The zero-order valence-electron chi connectivity index (χ0n) is 12.7. The summed E-state index contributed by atoms with van der Waals surface area (Å²) >= 11 is 2.90. The predicted molar refractivity (Wildman–Crippen MR) is 93.1 cm³/mol. The maximum absolute atomic E-state index is 12.4. The fourth-order valence-corrected chi connectivity index (χ4v) is 3.83. The van der Waals surface area contributed by atoms with E-state index in [1.807, 2.05) is 29.8 Å². The Hall–Kier alpha value is -1.93. The molecule has 3 heterocycles. The molecule has 0 aromatic carbocycles. The number of likely N-dealkylation sites (tertiary alicyclic amines) is 1. The van der Waals surface area contributed by atoms with Crippen LogP contribution in [0, 0.1) is 12.8 Å². The number of thiazole rings is 1. The average molecular weight is 350 g/mol. The average Bonchev–Trinajstić information content (AvgIpc) is 3.19. The van der Waals surface area contributed by atoms with Crippen molar-refractivity contribution in [1.29, 1.82) is 0 Å². The second-order valence-corrected chi connectivity index (χ2v) is 7.28. The second-order valence-electron chi connectivity index (χ2n) is 5.48. The Morgan fingerprint density at radius 1 is 1.35 bits per heavy atom. The van der Waals surface area contributed by atoms with Crippen LogP contribution in [0.4, 0.5) is 14.9 Å². The lowest BCUT2D eigenvalue weighted by Gasteiger charge is -2.31. The number of nitrogens with one attached hydrogen (secondary N) is 2. The molecule has 1 atom stereocenters. The minimum atomic E-state index is -0.193. The van der Waals surface area contributed by atoms with Crippen molar-refractivity contribution in [2.45, 2.75) is 19.8 Å². The molecule has 1 aliphatic rings. The molecular formula is C15H18N4O2S2. The predicted octanol–water partition coefficient (Wildman–Crippen LogP) is 3.40. The number of carbonyl (C=O) groups is 2. The van der Waals surface area contributed by atoms with Crippen molar-refractivity contribution >= 4 is 44.7 Å². The third kappa shape index (κ3) is 4.08. The van der Waals surface area contributed by atoms with E-state index >= 15 is 0 Å². The van der Waals surface area contributed by atoms with E-state index < -0.39 is 0 Å². The number of carbonyl (C=O) groups excluding carboxylic acids is 2. The van der Waals surface area contributed by atoms with Gasteiger partial charge in [0.25, 0.3) is 0 Å². The quantitative estimate of drug-likeness (QED) is 0.891. The molecule has 8 heteroatoms. The third-order valence-corrected chi connectivity index (χ3v) is 5.34. The van der Waals surface area contributed by atoms with E-state index in [9.17, 15) is 9.59 Å². The van der Waals surface area contributed by atoms with Gasteiger partial charge in [0, 0.05) is 18.5 Å². The van der Waals surface area contributed by atoms with Gasteiger partial charge in [-0.25, -0.2) is 9.78 Å². The molecule has 1 unspecified atom stereocenters. The highest BCUT2D eigenvalue weighted by atomic mass is 32.1. The van der Waals surface area contributed by atoms with Gasteiger partial charge in [-0.1, -0.05) is 0 Å². The first-order valence-electron chi connectivity index (χ1n) is 7.44. The minimum absolute atomic E-state index is 0.0621. The maximum atomic E-state index is 12.4. The summed E-state index contributed by atoms with van der Waals surface area (Å²) < 4.78 is 0. The second kappa shape index (κ2) is 7.10. The van der Waals surface area contributed by atoms with E-state index in [-0.39, 0.29) is 17.9 Å². The lowest BCUT2D eigenvalue weighted by atomic mass is 9.97. The Morgan fingerprint density at radius 3 is 2.91 bits per heavy atom. The smallest absolute Gasteiger partial charge is 0.322 e. The molecule has 6 nitrogen and oxygen atoms in total. The topological polar surface area (TPSA) is 74.3 Å². The molecule has 2 aromatic rings. The van der Waals surface area contributed by atoms with Gasteiger partial charge in [0.1, 0.15) is 0 Å². The first-order valence-corrected chi connectivity index (χ1v) is 9.20. The molecule has 2 aromatic heterocycles. The molecule has 122 valence electrons. The van der Waals surface area contributed by atoms with Crippen LogP contribution in [0.3, 0.4) is 0 Å². The van der Waals surface area contributed by atoms with Gasteiger partial charge >= 0.3 is 6.03 Å². The van der Waals surface area contributed by atoms with Gasteiger partial charge in [0.15, 0.2) is 5.13 Å². The van der Waals surface area contributed by atoms with Crippen LogP contribution in [0.2, 0.25) is 0 Å².